The first kappa shape index (κ1) is 19.5. The van der Waals surface area contributed by atoms with Crippen molar-refractivity contribution in [2.24, 2.45) is 11.0 Å². The van der Waals surface area contributed by atoms with E-state index in [0.717, 1.165) is 6.42 Å². The molecular weight excluding hydrogens is 339 g/mol. The summed E-state index contributed by atoms with van der Waals surface area (Å²) in [6.07, 6.45) is 1.40. The van der Waals surface area contributed by atoms with Crippen molar-refractivity contribution in [1.29, 1.82) is 0 Å². The molecule has 0 saturated heterocycles. The Balaban J connectivity index is 2.83. The molecular formula is C16H20Cl2N2O3. The number of hydrogen-bond acceptors (Lipinski definition) is 4. The van der Waals surface area contributed by atoms with Gasteiger partial charge in [-0.1, -0.05) is 36.5 Å². The second-order valence-corrected chi connectivity index (χ2v) is 5.76. The van der Waals surface area contributed by atoms with Gasteiger partial charge in [-0.25, -0.2) is 5.43 Å². The standard InChI is InChI=1S/C16H20Cl2N2O3/c1-4-6-12(16(22)23-5-2)10(3)19-20-15(21)13-8-7-11(17)9-14(13)18/h7-9,12H,4-6H2,1-3H3,(H,20,21)/b19-10-/t12-/m0/s1. The molecule has 1 aromatic rings. The molecule has 1 N–H and O–H groups in total. The highest BCUT2D eigenvalue weighted by Gasteiger charge is 2.22. The van der Waals surface area contributed by atoms with E-state index in [0.29, 0.717) is 23.8 Å². The fraction of sp³-hybridized carbons (Fsp3) is 0.438. The minimum absolute atomic E-state index is 0.235. The number of nitrogens with one attached hydrogen (secondary N) is 1. The third-order valence-electron chi connectivity index (χ3n) is 3.16. The van der Waals surface area contributed by atoms with Crippen LogP contribution in [-0.4, -0.2) is 24.2 Å². The largest absolute Gasteiger partial charge is 0.465 e. The predicted octanol–water partition coefficient (Wildman–Crippen LogP) is 4.08. The van der Waals surface area contributed by atoms with E-state index in [1.165, 1.54) is 12.1 Å². The number of rotatable bonds is 7. The summed E-state index contributed by atoms with van der Waals surface area (Å²) >= 11 is 11.8. The van der Waals surface area contributed by atoms with Gasteiger partial charge in [0, 0.05) is 10.7 Å². The van der Waals surface area contributed by atoms with E-state index in [1.54, 1.807) is 19.9 Å². The van der Waals surface area contributed by atoms with Gasteiger partial charge in [0.2, 0.25) is 0 Å². The van der Waals surface area contributed by atoms with Gasteiger partial charge < -0.3 is 4.74 Å². The van der Waals surface area contributed by atoms with E-state index in [9.17, 15) is 9.59 Å². The molecule has 1 aromatic carbocycles. The van der Waals surface area contributed by atoms with Crippen LogP contribution >= 0.6 is 23.2 Å². The Hall–Kier alpha value is -1.59. The number of hydrogen-bond donors (Lipinski definition) is 1. The fourth-order valence-corrected chi connectivity index (χ4v) is 2.47. The summed E-state index contributed by atoms with van der Waals surface area (Å²) in [6, 6.07) is 4.56. The van der Waals surface area contributed by atoms with E-state index >= 15 is 0 Å². The van der Waals surface area contributed by atoms with Crippen molar-refractivity contribution in [1.82, 2.24) is 5.43 Å². The van der Waals surface area contributed by atoms with Crippen LogP contribution < -0.4 is 5.43 Å². The Morgan fingerprint density at radius 2 is 2.00 bits per heavy atom. The summed E-state index contributed by atoms with van der Waals surface area (Å²) in [5.74, 6) is -1.28. The number of esters is 1. The van der Waals surface area contributed by atoms with Crippen LogP contribution in [0.4, 0.5) is 0 Å². The zero-order chi connectivity index (χ0) is 17.4. The Kier molecular flexibility index (Phi) is 8.06. The maximum absolute atomic E-state index is 12.1. The first-order chi connectivity index (χ1) is 10.9. The first-order valence-electron chi connectivity index (χ1n) is 7.36. The van der Waals surface area contributed by atoms with Crippen molar-refractivity contribution in [2.75, 3.05) is 6.61 Å². The van der Waals surface area contributed by atoms with Crippen LogP contribution in [0.5, 0.6) is 0 Å². The molecule has 0 fully saturated rings. The lowest BCUT2D eigenvalue weighted by molar-refractivity contribution is -0.145. The maximum atomic E-state index is 12.1. The highest BCUT2D eigenvalue weighted by molar-refractivity contribution is 6.36. The van der Waals surface area contributed by atoms with E-state index in [1.807, 2.05) is 6.92 Å². The molecule has 126 valence electrons. The Bertz CT molecular complexity index is 603. The van der Waals surface area contributed by atoms with Gasteiger partial charge in [-0.05, 0) is 38.5 Å². The van der Waals surface area contributed by atoms with Gasteiger partial charge in [0.25, 0.3) is 5.91 Å². The number of hydrazone groups is 1. The van der Waals surface area contributed by atoms with Crippen molar-refractivity contribution in [2.45, 2.75) is 33.6 Å². The Morgan fingerprint density at radius 1 is 1.30 bits per heavy atom. The summed E-state index contributed by atoms with van der Waals surface area (Å²) in [7, 11) is 0. The third kappa shape index (κ3) is 5.84. The van der Waals surface area contributed by atoms with E-state index in [4.69, 9.17) is 27.9 Å². The van der Waals surface area contributed by atoms with Crippen LogP contribution in [0.25, 0.3) is 0 Å². The molecule has 1 rings (SSSR count). The monoisotopic (exact) mass is 358 g/mol. The lowest BCUT2D eigenvalue weighted by Crippen LogP contribution is -2.28. The van der Waals surface area contributed by atoms with Gasteiger partial charge in [0.05, 0.1) is 23.1 Å². The van der Waals surface area contributed by atoms with Crippen LogP contribution in [0, 0.1) is 5.92 Å². The molecule has 0 saturated carbocycles. The SMILES string of the molecule is CCC[C@H](C(=O)OCC)/C(C)=N\NC(=O)c1ccc(Cl)cc1Cl. The number of nitrogens with zero attached hydrogens (tertiary/aromatic N) is 1. The van der Waals surface area contributed by atoms with Gasteiger partial charge in [0.15, 0.2) is 0 Å². The average Bonchev–Trinajstić information content (AvgIpc) is 2.50. The van der Waals surface area contributed by atoms with E-state index in [2.05, 4.69) is 10.5 Å². The molecule has 0 unspecified atom stereocenters. The molecule has 23 heavy (non-hydrogen) atoms. The van der Waals surface area contributed by atoms with Crippen molar-refractivity contribution in [3.63, 3.8) is 0 Å². The lowest BCUT2D eigenvalue weighted by Gasteiger charge is -2.14. The smallest absolute Gasteiger partial charge is 0.314 e. The number of benzene rings is 1. The van der Waals surface area contributed by atoms with Crippen molar-refractivity contribution in [3.05, 3.63) is 33.8 Å². The van der Waals surface area contributed by atoms with Crippen molar-refractivity contribution in [3.8, 4) is 0 Å². The summed E-state index contributed by atoms with van der Waals surface area (Å²) in [4.78, 5) is 24.0. The number of carbonyl (C=O) groups is 2. The molecule has 0 radical (unpaired) electrons. The van der Waals surface area contributed by atoms with Crippen LogP contribution in [0.15, 0.2) is 23.3 Å². The maximum Gasteiger partial charge on any atom is 0.314 e. The zero-order valence-electron chi connectivity index (χ0n) is 13.4. The molecule has 1 atom stereocenters. The van der Waals surface area contributed by atoms with Crippen LogP contribution in [0.3, 0.4) is 0 Å². The molecule has 0 spiro atoms. The van der Waals surface area contributed by atoms with Crippen LogP contribution in [0.1, 0.15) is 44.0 Å². The second kappa shape index (κ2) is 9.53. The van der Waals surface area contributed by atoms with Gasteiger partial charge in [-0.2, -0.15) is 5.10 Å². The normalized spacial score (nSPS) is 12.7. The highest BCUT2D eigenvalue weighted by Crippen LogP contribution is 2.20. The number of amides is 1. The second-order valence-electron chi connectivity index (χ2n) is 4.91. The fourth-order valence-electron chi connectivity index (χ4n) is 1.98. The Labute approximate surface area is 146 Å². The van der Waals surface area contributed by atoms with Crippen molar-refractivity contribution < 1.29 is 14.3 Å². The third-order valence-corrected chi connectivity index (χ3v) is 3.71. The molecule has 0 bridgehead atoms. The molecule has 0 aliphatic rings. The molecule has 0 aliphatic heterocycles. The van der Waals surface area contributed by atoms with Crippen LogP contribution in [-0.2, 0) is 9.53 Å². The lowest BCUT2D eigenvalue weighted by atomic mass is 9.99. The molecule has 5 nitrogen and oxygen atoms in total. The molecule has 0 heterocycles. The summed E-state index contributed by atoms with van der Waals surface area (Å²) in [6.45, 7) is 5.70. The van der Waals surface area contributed by atoms with E-state index < -0.39 is 11.8 Å². The minimum atomic E-state index is -0.471. The van der Waals surface area contributed by atoms with Crippen molar-refractivity contribution >= 4 is 40.8 Å². The topological polar surface area (TPSA) is 67.8 Å². The molecule has 7 heteroatoms. The molecule has 0 aromatic heterocycles. The average molecular weight is 359 g/mol. The predicted molar refractivity (Wildman–Crippen MR) is 92.1 cm³/mol. The van der Waals surface area contributed by atoms with Gasteiger partial charge in [-0.3, -0.25) is 9.59 Å². The molecule has 0 aliphatic carbocycles. The Morgan fingerprint density at radius 3 is 2.57 bits per heavy atom. The summed E-state index contributed by atoms with van der Waals surface area (Å²) in [5, 5.41) is 4.69. The number of carbonyl (C=O) groups excluding carboxylic acids is 2. The number of ether oxygens (including phenoxy) is 1. The van der Waals surface area contributed by atoms with Crippen LogP contribution in [0.2, 0.25) is 10.0 Å². The van der Waals surface area contributed by atoms with Gasteiger partial charge in [0.1, 0.15) is 0 Å². The number of halogens is 2. The van der Waals surface area contributed by atoms with Gasteiger partial charge >= 0.3 is 5.97 Å². The highest BCUT2D eigenvalue weighted by atomic mass is 35.5. The molecule has 1 amide bonds. The minimum Gasteiger partial charge on any atom is -0.465 e. The zero-order valence-corrected chi connectivity index (χ0v) is 14.9. The summed E-state index contributed by atoms with van der Waals surface area (Å²) in [5.41, 5.74) is 3.16. The first-order valence-corrected chi connectivity index (χ1v) is 8.12. The van der Waals surface area contributed by atoms with Gasteiger partial charge in [-0.15, -0.1) is 0 Å². The summed E-state index contributed by atoms with van der Waals surface area (Å²) < 4.78 is 5.03. The van der Waals surface area contributed by atoms with E-state index in [-0.39, 0.29) is 16.6 Å². The quantitative estimate of drug-likeness (QED) is 0.453.